The fourth-order valence-electron chi connectivity index (χ4n) is 2.18. The molecule has 1 aliphatic heterocycles. The predicted molar refractivity (Wildman–Crippen MR) is 75.6 cm³/mol. The summed E-state index contributed by atoms with van der Waals surface area (Å²) in [4.78, 5) is 22.7. The number of carbonyl (C=O) groups excluding carboxylic acids is 1. The van der Waals surface area contributed by atoms with Gasteiger partial charge in [0.2, 0.25) is 0 Å². The highest BCUT2D eigenvalue weighted by atomic mass is 16.6. The largest absolute Gasteiger partial charge is 0.383 e. The molecule has 0 saturated carbocycles. The molecule has 1 amide bonds. The van der Waals surface area contributed by atoms with E-state index >= 15 is 0 Å². The van der Waals surface area contributed by atoms with E-state index in [1.54, 1.807) is 24.3 Å². The minimum atomic E-state index is -0.675. The lowest BCUT2D eigenvalue weighted by Gasteiger charge is -2.08. The first-order chi connectivity index (χ1) is 9.68. The van der Waals surface area contributed by atoms with Gasteiger partial charge in [-0.2, -0.15) is 0 Å². The average molecular weight is 275 g/mol. The highest BCUT2D eigenvalue weighted by molar-refractivity contribution is 6.02. The lowest BCUT2D eigenvalue weighted by Crippen LogP contribution is -2.26. The molecule has 1 aromatic rings. The van der Waals surface area contributed by atoms with Crippen LogP contribution in [0, 0.1) is 10.1 Å². The van der Waals surface area contributed by atoms with Gasteiger partial charge >= 0.3 is 11.6 Å². The van der Waals surface area contributed by atoms with Crippen molar-refractivity contribution in [2.75, 3.05) is 11.9 Å². The summed E-state index contributed by atoms with van der Waals surface area (Å²) in [6.45, 7) is 0.672. The molecule has 1 aromatic carbocycles. The predicted octanol–water partition coefficient (Wildman–Crippen LogP) is 2.28. The van der Waals surface area contributed by atoms with E-state index in [1.165, 1.54) is 0 Å². The minimum Gasteiger partial charge on any atom is -0.383 e. The number of hydrogen-bond donors (Lipinski definition) is 2. The molecule has 0 atom stereocenters. The second-order valence-corrected chi connectivity index (χ2v) is 4.64. The highest BCUT2D eigenvalue weighted by Gasteiger charge is 2.28. The number of allylic oxidation sites excluding steroid dienone is 1. The molecule has 6 heteroatoms. The zero-order valence-corrected chi connectivity index (χ0v) is 11.1. The van der Waals surface area contributed by atoms with E-state index in [0.717, 1.165) is 19.3 Å². The molecule has 0 spiro atoms. The number of amides is 1. The Labute approximate surface area is 117 Å². The average Bonchev–Trinajstić information content (AvgIpc) is 2.68. The first-order valence-corrected chi connectivity index (χ1v) is 6.66. The molecule has 1 saturated heterocycles. The lowest BCUT2D eigenvalue weighted by molar-refractivity contribution is -0.420. The SMILES string of the molecule is O=C(Nc1ccccc1)C(=C1CCCCCN1)[N+](=O)[O-]. The molecule has 2 N–H and O–H groups in total. The summed E-state index contributed by atoms with van der Waals surface area (Å²) in [5.74, 6) is -0.675. The van der Waals surface area contributed by atoms with Gasteiger partial charge in [0, 0.05) is 12.2 Å². The molecule has 0 unspecified atom stereocenters. The van der Waals surface area contributed by atoms with Crippen LogP contribution in [0.1, 0.15) is 25.7 Å². The van der Waals surface area contributed by atoms with Crippen LogP contribution in [-0.4, -0.2) is 17.4 Å². The highest BCUT2D eigenvalue weighted by Crippen LogP contribution is 2.17. The number of nitrogens with zero attached hydrogens (tertiary/aromatic N) is 1. The number of nitrogens with one attached hydrogen (secondary N) is 2. The second-order valence-electron chi connectivity index (χ2n) is 4.64. The quantitative estimate of drug-likeness (QED) is 0.503. The van der Waals surface area contributed by atoms with Gasteiger partial charge in [-0.05, 0) is 31.4 Å². The molecule has 20 heavy (non-hydrogen) atoms. The Bertz CT molecular complexity index is 516. The third-order valence-corrected chi connectivity index (χ3v) is 3.16. The Kier molecular flexibility index (Phi) is 4.70. The Morgan fingerprint density at radius 3 is 2.65 bits per heavy atom. The molecule has 0 bridgehead atoms. The van der Waals surface area contributed by atoms with E-state index < -0.39 is 10.8 Å². The van der Waals surface area contributed by atoms with Crippen molar-refractivity contribution < 1.29 is 9.72 Å². The van der Waals surface area contributed by atoms with Crippen molar-refractivity contribution in [3.05, 3.63) is 51.8 Å². The number of anilines is 1. The molecular formula is C14H17N3O3. The van der Waals surface area contributed by atoms with Crippen LogP contribution in [0.5, 0.6) is 0 Å². The lowest BCUT2D eigenvalue weighted by atomic mass is 10.1. The Balaban J connectivity index is 2.21. The first-order valence-electron chi connectivity index (χ1n) is 6.66. The molecule has 0 aromatic heterocycles. The van der Waals surface area contributed by atoms with Crippen molar-refractivity contribution in [2.45, 2.75) is 25.7 Å². The maximum Gasteiger partial charge on any atom is 0.352 e. The van der Waals surface area contributed by atoms with E-state index in [9.17, 15) is 14.9 Å². The number of rotatable bonds is 3. The van der Waals surface area contributed by atoms with Crippen molar-refractivity contribution in [3.8, 4) is 0 Å². The third-order valence-electron chi connectivity index (χ3n) is 3.16. The summed E-state index contributed by atoms with van der Waals surface area (Å²) >= 11 is 0. The smallest absolute Gasteiger partial charge is 0.352 e. The van der Waals surface area contributed by atoms with Crippen molar-refractivity contribution in [1.29, 1.82) is 0 Å². The molecule has 6 nitrogen and oxygen atoms in total. The van der Waals surface area contributed by atoms with E-state index in [1.807, 2.05) is 6.07 Å². The maximum atomic E-state index is 12.1. The topological polar surface area (TPSA) is 84.3 Å². The van der Waals surface area contributed by atoms with Crippen molar-refractivity contribution in [2.24, 2.45) is 0 Å². The molecule has 1 aliphatic rings. The monoisotopic (exact) mass is 275 g/mol. The van der Waals surface area contributed by atoms with E-state index in [4.69, 9.17) is 0 Å². The van der Waals surface area contributed by atoms with Crippen LogP contribution in [0.15, 0.2) is 41.7 Å². The molecule has 0 radical (unpaired) electrons. The number of para-hydroxylation sites is 1. The fourth-order valence-corrected chi connectivity index (χ4v) is 2.18. The van der Waals surface area contributed by atoms with Gasteiger partial charge in [0.1, 0.15) is 0 Å². The summed E-state index contributed by atoms with van der Waals surface area (Å²) in [5, 5.41) is 16.8. The van der Waals surface area contributed by atoms with Gasteiger partial charge in [-0.15, -0.1) is 0 Å². The van der Waals surface area contributed by atoms with Crippen LogP contribution in [0.25, 0.3) is 0 Å². The summed E-state index contributed by atoms with van der Waals surface area (Å²) < 4.78 is 0. The molecule has 2 rings (SSSR count). The van der Waals surface area contributed by atoms with Crippen LogP contribution in [0.3, 0.4) is 0 Å². The molecular weight excluding hydrogens is 258 g/mol. The summed E-state index contributed by atoms with van der Waals surface area (Å²) in [7, 11) is 0. The second kappa shape index (κ2) is 6.70. The van der Waals surface area contributed by atoms with Gasteiger partial charge in [0.25, 0.3) is 0 Å². The van der Waals surface area contributed by atoms with Crippen molar-refractivity contribution in [3.63, 3.8) is 0 Å². The minimum absolute atomic E-state index is 0.379. The van der Waals surface area contributed by atoms with Crippen LogP contribution >= 0.6 is 0 Å². The Hall–Kier alpha value is -2.37. The van der Waals surface area contributed by atoms with Crippen LogP contribution < -0.4 is 10.6 Å². The van der Waals surface area contributed by atoms with Gasteiger partial charge in [-0.3, -0.25) is 14.9 Å². The Morgan fingerprint density at radius 1 is 1.20 bits per heavy atom. The number of nitro groups is 1. The first kappa shape index (κ1) is 14.0. The van der Waals surface area contributed by atoms with E-state index in [2.05, 4.69) is 10.6 Å². The number of carbonyl (C=O) groups is 1. The standard InChI is InChI=1S/C14H17N3O3/c18-14(16-11-7-3-1-4-8-11)13(17(19)20)12-9-5-2-6-10-15-12/h1,3-4,7-8,15H,2,5-6,9-10H2,(H,16,18). The fraction of sp³-hybridized carbons (Fsp3) is 0.357. The van der Waals surface area contributed by atoms with E-state index in [0.29, 0.717) is 24.4 Å². The van der Waals surface area contributed by atoms with Gasteiger partial charge in [-0.25, -0.2) is 0 Å². The van der Waals surface area contributed by atoms with Gasteiger partial charge in [-0.1, -0.05) is 24.6 Å². The zero-order chi connectivity index (χ0) is 14.4. The van der Waals surface area contributed by atoms with Gasteiger partial charge in [0.15, 0.2) is 0 Å². The third kappa shape index (κ3) is 3.57. The number of benzene rings is 1. The molecule has 106 valence electrons. The summed E-state index contributed by atoms with van der Waals surface area (Å²) in [6.07, 6.45) is 3.38. The molecule has 1 fully saturated rings. The molecule has 1 heterocycles. The number of hydrogen-bond acceptors (Lipinski definition) is 4. The van der Waals surface area contributed by atoms with Crippen molar-refractivity contribution >= 4 is 11.6 Å². The van der Waals surface area contributed by atoms with Crippen LogP contribution in [-0.2, 0) is 4.79 Å². The molecule has 0 aliphatic carbocycles. The Morgan fingerprint density at radius 2 is 1.95 bits per heavy atom. The van der Waals surface area contributed by atoms with Gasteiger partial charge < -0.3 is 10.6 Å². The zero-order valence-electron chi connectivity index (χ0n) is 11.1. The summed E-state index contributed by atoms with van der Waals surface area (Å²) in [5.41, 5.74) is 0.600. The van der Waals surface area contributed by atoms with Crippen LogP contribution in [0.2, 0.25) is 0 Å². The maximum absolute atomic E-state index is 12.1. The normalized spacial score (nSPS) is 17.6. The van der Waals surface area contributed by atoms with Crippen LogP contribution in [0.4, 0.5) is 5.69 Å². The van der Waals surface area contributed by atoms with Gasteiger partial charge in [0.05, 0.1) is 10.6 Å². The van der Waals surface area contributed by atoms with Crippen molar-refractivity contribution in [1.82, 2.24) is 5.32 Å². The summed E-state index contributed by atoms with van der Waals surface area (Å²) in [6, 6.07) is 8.73. The van der Waals surface area contributed by atoms with E-state index in [-0.39, 0.29) is 5.70 Å².